The Bertz CT molecular complexity index is 1600. The molecule has 3 heterocycles. The average molecular weight is 749 g/mol. The van der Waals surface area contributed by atoms with Crippen molar-refractivity contribution < 1.29 is 51.8 Å². The summed E-state index contributed by atoms with van der Waals surface area (Å²) in [6, 6.07) is -4.76. The smallest absolute Gasteiger partial charge is 0.408 e. The topological polar surface area (TPSA) is 184 Å². The van der Waals surface area contributed by atoms with E-state index < -0.39 is 108 Å². The SMILES string of the molecule is C[C@H]1C[C@H]2C(=O)O[C@@H](C)[C@H](NC(=O)[C@H](Cc3cc(F)cc(F)c3)NC(=O)OC(C)(C)C)C(=O)N3CCC[C@H]3C(=O)N(C)[C@@H](C)C(=O)N[C@@H](C)C(=O)N2C1. The van der Waals surface area contributed by atoms with Crippen LogP contribution in [0.15, 0.2) is 18.2 Å². The second-order valence-electron chi connectivity index (χ2n) is 15.2. The van der Waals surface area contributed by atoms with Gasteiger partial charge >= 0.3 is 12.1 Å². The standard InChI is InChI=1S/C36H50F2N6O9/c1-18-12-27-34(50)52-21(4)28(41-30(46)25(40-35(51)53-36(5,6)7)15-22-13-23(37)16-24(38)14-22)33(49)43-11-9-10-26(43)32(48)42(8)20(3)29(45)39-19(2)31(47)44(27)17-18/h13-14,16,18-21,25-28H,9-12,15,17H2,1-8H3,(H,39,45)(H,40,51)(H,41,46)/t18-,19-,20-,21-,25-,26-,27-,28-/m0/s1. The molecule has 0 spiro atoms. The monoisotopic (exact) mass is 748 g/mol. The molecule has 8 atom stereocenters. The highest BCUT2D eigenvalue weighted by atomic mass is 19.1. The van der Waals surface area contributed by atoms with Gasteiger partial charge in [0.05, 0.1) is 0 Å². The molecule has 6 amide bonds. The van der Waals surface area contributed by atoms with E-state index >= 15 is 0 Å². The first-order chi connectivity index (χ1) is 24.7. The molecule has 0 radical (unpaired) electrons. The van der Waals surface area contributed by atoms with Crippen LogP contribution in [0, 0.1) is 17.6 Å². The molecule has 17 heteroatoms. The molecule has 0 aliphatic carbocycles. The van der Waals surface area contributed by atoms with Crippen LogP contribution in [0.5, 0.6) is 0 Å². The molecule has 15 nitrogen and oxygen atoms in total. The van der Waals surface area contributed by atoms with Crippen LogP contribution in [-0.4, -0.2) is 124 Å². The molecule has 3 fully saturated rings. The summed E-state index contributed by atoms with van der Waals surface area (Å²) in [5.41, 5.74) is -0.978. The largest absolute Gasteiger partial charge is 0.458 e. The van der Waals surface area contributed by atoms with Crippen molar-refractivity contribution in [3.8, 4) is 0 Å². The second-order valence-corrected chi connectivity index (χ2v) is 15.2. The summed E-state index contributed by atoms with van der Waals surface area (Å²) in [6.45, 7) is 11.2. The maximum atomic E-state index is 14.4. The van der Waals surface area contributed by atoms with Gasteiger partial charge in [0.25, 0.3) is 0 Å². The van der Waals surface area contributed by atoms with E-state index in [0.29, 0.717) is 12.5 Å². The van der Waals surface area contributed by atoms with Crippen molar-refractivity contribution in [2.45, 2.75) is 122 Å². The molecule has 1 aromatic rings. The van der Waals surface area contributed by atoms with E-state index in [9.17, 15) is 42.3 Å². The van der Waals surface area contributed by atoms with Crippen molar-refractivity contribution in [3.63, 3.8) is 0 Å². The highest BCUT2D eigenvalue weighted by molar-refractivity contribution is 5.97. The summed E-state index contributed by atoms with van der Waals surface area (Å²) in [5.74, 6) is -6.31. The third kappa shape index (κ3) is 9.99. The average Bonchev–Trinajstić information content (AvgIpc) is 3.70. The van der Waals surface area contributed by atoms with Gasteiger partial charge < -0.3 is 40.1 Å². The molecule has 3 saturated heterocycles. The number of halogens is 2. The van der Waals surface area contributed by atoms with Crippen LogP contribution >= 0.6 is 0 Å². The maximum absolute atomic E-state index is 14.4. The summed E-state index contributed by atoms with van der Waals surface area (Å²) >= 11 is 0. The Morgan fingerprint density at radius 2 is 1.60 bits per heavy atom. The Labute approximate surface area is 307 Å². The first-order valence-corrected chi connectivity index (χ1v) is 17.8. The van der Waals surface area contributed by atoms with Crippen LogP contribution in [0.3, 0.4) is 0 Å². The quantitative estimate of drug-likeness (QED) is 0.375. The Hall–Kier alpha value is -4.83. The highest BCUT2D eigenvalue weighted by Gasteiger charge is 2.46. The molecule has 4 rings (SSSR count). The Kier molecular flexibility index (Phi) is 12.7. The summed E-state index contributed by atoms with van der Waals surface area (Å²) in [7, 11) is 1.41. The zero-order chi connectivity index (χ0) is 39.5. The van der Waals surface area contributed by atoms with E-state index in [1.165, 1.54) is 42.5 Å². The Morgan fingerprint density at radius 1 is 0.962 bits per heavy atom. The fourth-order valence-electron chi connectivity index (χ4n) is 6.81. The number of likely N-dealkylation sites (N-methyl/N-ethyl adjacent to an activating group) is 1. The van der Waals surface area contributed by atoms with E-state index in [2.05, 4.69) is 16.0 Å². The number of benzene rings is 1. The van der Waals surface area contributed by atoms with Crippen molar-refractivity contribution in [1.82, 2.24) is 30.7 Å². The van der Waals surface area contributed by atoms with Gasteiger partial charge in [0.2, 0.25) is 29.5 Å². The number of nitrogens with zero attached hydrogens (tertiary/aromatic N) is 3. The molecule has 0 aromatic heterocycles. The van der Waals surface area contributed by atoms with E-state index in [0.717, 1.165) is 12.1 Å². The molecule has 3 aliphatic heterocycles. The van der Waals surface area contributed by atoms with Gasteiger partial charge in [-0.25, -0.2) is 18.4 Å². The predicted molar refractivity (Wildman–Crippen MR) is 185 cm³/mol. The van der Waals surface area contributed by atoms with Crippen LogP contribution in [0.1, 0.15) is 73.3 Å². The number of amides is 6. The lowest BCUT2D eigenvalue weighted by Gasteiger charge is -2.36. The molecule has 3 N–H and O–H groups in total. The Balaban J connectivity index is 1.73. The summed E-state index contributed by atoms with van der Waals surface area (Å²) in [6.07, 6.45) is -1.97. The van der Waals surface area contributed by atoms with Crippen LogP contribution < -0.4 is 16.0 Å². The summed E-state index contributed by atoms with van der Waals surface area (Å²) < 4.78 is 39.4. The lowest BCUT2D eigenvalue weighted by atomic mass is 10.0. The number of rotatable bonds is 5. The van der Waals surface area contributed by atoms with Crippen molar-refractivity contribution in [1.29, 1.82) is 0 Å². The Morgan fingerprint density at radius 3 is 2.23 bits per heavy atom. The van der Waals surface area contributed by atoms with Crippen LogP contribution in [0.25, 0.3) is 0 Å². The number of ether oxygens (including phenoxy) is 2. The molecule has 53 heavy (non-hydrogen) atoms. The van der Waals surface area contributed by atoms with Crippen LogP contribution in [0.2, 0.25) is 0 Å². The van der Waals surface area contributed by atoms with Crippen molar-refractivity contribution in [2.24, 2.45) is 5.92 Å². The number of hydrogen-bond donors (Lipinski definition) is 3. The number of esters is 1. The first-order valence-electron chi connectivity index (χ1n) is 17.8. The third-order valence-electron chi connectivity index (χ3n) is 9.63. The number of alkyl carbamates (subject to hydrolysis) is 1. The second kappa shape index (κ2) is 16.5. The highest BCUT2D eigenvalue weighted by Crippen LogP contribution is 2.27. The summed E-state index contributed by atoms with van der Waals surface area (Å²) in [4.78, 5) is 99.4. The molecule has 292 valence electrons. The lowest BCUT2D eigenvalue weighted by Crippen LogP contribution is -2.62. The van der Waals surface area contributed by atoms with Gasteiger partial charge in [-0.2, -0.15) is 0 Å². The molecule has 0 bridgehead atoms. The van der Waals surface area contributed by atoms with Gasteiger partial charge in [-0.3, -0.25) is 24.0 Å². The van der Waals surface area contributed by atoms with Gasteiger partial charge in [-0.05, 0) is 84.4 Å². The molecule has 3 aliphatic rings. The van der Waals surface area contributed by atoms with Gasteiger partial charge in [0, 0.05) is 32.6 Å². The van der Waals surface area contributed by atoms with Crippen LogP contribution in [-0.2, 0) is 44.7 Å². The van der Waals surface area contributed by atoms with E-state index in [1.807, 2.05) is 6.92 Å². The number of carbonyl (C=O) groups excluding carboxylic acids is 7. The molecule has 0 unspecified atom stereocenters. The lowest BCUT2D eigenvalue weighted by molar-refractivity contribution is -0.162. The number of fused-ring (bicyclic) bond motifs is 2. The zero-order valence-corrected chi connectivity index (χ0v) is 31.4. The zero-order valence-electron chi connectivity index (χ0n) is 31.4. The van der Waals surface area contributed by atoms with Crippen molar-refractivity contribution >= 4 is 41.6 Å². The predicted octanol–water partition coefficient (Wildman–Crippen LogP) is 1.41. The summed E-state index contributed by atoms with van der Waals surface area (Å²) in [5, 5.41) is 7.60. The molecule has 0 saturated carbocycles. The number of cyclic esters (lactones) is 1. The molecular weight excluding hydrogens is 698 g/mol. The van der Waals surface area contributed by atoms with E-state index in [1.54, 1.807) is 20.8 Å². The fraction of sp³-hybridized carbons (Fsp3) is 0.639. The van der Waals surface area contributed by atoms with Gasteiger partial charge in [0.1, 0.15) is 59.6 Å². The number of carbonyl (C=O) groups is 7. The first kappa shape index (κ1) is 40.9. The van der Waals surface area contributed by atoms with Crippen molar-refractivity contribution in [2.75, 3.05) is 20.1 Å². The fourth-order valence-corrected chi connectivity index (χ4v) is 6.81. The minimum atomic E-state index is -1.63. The van der Waals surface area contributed by atoms with Gasteiger partial charge in [-0.15, -0.1) is 0 Å². The number of hydrogen-bond acceptors (Lipinski definition) is 9. The van der Waals surface area contributed by atoms with Gasteiger partial charge in [-0.1, -0.05) is 6.92 Å². The normalized spacial score (nSPS) is 28.2. The third-order valence-corrected chi connectivity index (χ3v) is 9.63. The minimum Gasteiger partial charge on any atom is -0.458 e. The van der Waals surface area contributed by atoms with Gasteiger partial charge in [0.15, 0.2) is 0 Å². The van der Waals surface area contributed by atoms with E-state index in [-0.39, 0.29) is 37.4 Å². The number of nitrogens with one attached hydrogen (secondary N) is 3. The van der Waals surface area contributed by atoms with Crippen molar-refractivity contribution in [3.05, 3.63) is 35.4 Å². The minimum absolute atomic E-state index is 0.00300. The molecule has 1 aromatic carbocycles. The maximum Gasteiger partial charge on any atom is 0.408 e. The van der Waals surface area contributed by atoms with E-state index in [4.69, 9.17) is 9.47 Å². The molecular formula is C36H50F2N6O9. The van der Waals surface area contributed by atoms with Crippen LogP contribution in [0.4, 0.5) is 13.6 Å².